The third-order valence-corrected chi connectivity index (χ3v) is 3.85. The summed E-state index contributed by atoms with van der Waals surface area (Å²) in [6, 6.07) is 16.0. The van der Waals surface area contributed by atoms with Gasteiger partial charge in [-0.05, 0) is 42.0 Å². The molecule has 2 rings (SSSR count). The molecule has 1 amide bonds. The van der Waals surface area contributed by atoms with E-state index in [0.29, 0.717) is 12.1 Å². The number of hydrogen-bond donors (Lipinski definition) is 0. The van der Waals surface area contributed by atoms with Crippen molar-refractivity contribution >= 4 is 17.3 Å². The SMILES string of the molecule is CN(Cc1ccc(N(C)C)cc1)C(=O)c1ccc(N(C)C)cc1. The van der Waals surface area contributed by atoms with Crippen LogP contribution in [0.1, 0.15) is 15.9 Å². The summed E-state index contributed by atoms with van der Waals surface area (Å²) in [5.41, 5.74) is 4.07. The van der Waals surface area contributed by atoms with Crippen LogP contribution in [-0.2, 0) is 6.54 Å². The minimum atomic E-state index is 0.0343. The molecule has 0 unspecified atom stereocenters. The van der Waals surface area contributed by atoms with Crippen LogP contribution in [0.5, 0.6) is 0 Å². The Morgan fingerprint density at radius 3 is 1.61 bits per heavy atom. The second-order valence-electron chi connectivity index (χ2n) is 6.16. The van der Waals surface area contributed by atoms with Crippen molar-refractivity contribution in [3.05, 3.63) is 59.7 Å². The van der Waals surface area contributed by atoms with Crippen molar-refractivity contribution in [2.24, 2.45) is 0 Å². The monoisotopic (exact) mass is 311 g/mol. The maximum atomic E-state index is 12.5. The number of benzene rings is 2. The molecule has 0 radical (unpaired) electrons. The molecule has 23 heavy (non-hydrogen) atoms. The van der Waals surface area contributed by atoms with Gasteiger partial charge in [-0.15, -0.1) is 0 Å². The molecule has 0 aliphatic rings. The molecule has 2 aromatic carbocycles. The van der Waals surface area contributed by atoms with Crippen LogP contribution in [0.25, 0.3) is 0 Å². The zero-order chi connectivity index (χ0) is 17.0. The van der Waals surface area contributed by atoms with Gasteiger partial charge >= 0.3 is 0 Å². The molecule has 4 nitrogen and oxygen atoms in total. The highest BCUT2D eigenvalue weighted by Gasteiger charge is 2.12. The third kappa shape index (κ3) is 4.25. The van der Waals surface area contributed by atoms with Crippen molar-refractivity contribution < 1.29 is 4.79 Å². The van der Waals surface area contributed by atoms with Crippen LogP contribution in [-0.4, -0.2) is 46.0 Å². The average Bonchev–Trinajstić information content (AvgIpc) is 2.54. The normalized spacial score (nSPS) is 10.3. The van der Waals surface area contributed by atoms with E-state index in [1.165, 1.54) is 0 Å². The van der Waals surface area contributed by atoms with E-state index < -0.39 is 0 Å². The number of nitrogens with zero attached hydrogens (tertiary/aromatic N) is 3. The minimum absolute atomic E-state index is 0.0343. The Morgan fingerprint density at radius 1 is 0.739 bits per heavy atom. The first-order valence-electron chi connectivity index (χ1n) is 7.67. The summed E-state index contributed by atoms with van der Waals surface area (Å²) in [4.78, 5) is 18.3. The molecule has 0 bridgehead atoms. The van der Waals surface area contributed by atoms with Gasteiger partial charge in [0.05, 0.1) is 0 Å². The van der Waals surface area contributed by atoms with Crippen molar-refractivity contribution in [1.29, 1.82) is 0 Å². The van der Waals surface area contributed by atoms with Gasteiger partial charge in [0.15, 0.2) is 0 Å². The zero-order valence-corrected chi connectivity index (χ0v) is 14.6. The molecule has 0 saturated carbocycles. The fraction of sp³-hybridized carbons (Fsp3) is 0.316. The van der Waals surface area contributed by atoms with Crippen molar-refractivity contribution in [2.45, 2.75) is 6.54 Å². The molecule has 0 fully saturated rings. The van der Waals surface area contributed by atoms with Crippen molar-refractivity contribution in [3.8, 4) is 0 Å². The number of carbonyl (C=O) groups is 1. The molecule has 0 N–H and O–H groups in total. The molecule has 4 heteroatoms. The Hall–Kier alpha value is -2.49. The van der Waals surface area contributed by atoms with Crippen LogP contribution in [0.4, 0.5) is 11.4 Å². The predicted octanol–water partition coefficient (Wildman–Crippen LogP) is 3.09. The van der Waals surface area contributed by atoms with Gasteiger partial charge in [0, 0.05) is 58.7 Å². The molecule has 0 aliphatic heterocycles. The highest BCUT2D eigenvalue weighted by atomic mass is 16.2. The maximum Gasteiger partial charge on any atom is 0.253 e. The summed E-state index contributed by atoms with van der Waals surface area (Å²) in [5, 5.41) is 0. The van der Waals surface area contributed by atoms with E-state index in [1.807, 2.05) is 64.4 Å². The largest absolute Gasteiger partial charge is 0.378 e. The molecule has 0 spiro atoms. The second kappa shape index (κ2) is 7.18. The third-order valence-electron chi connectivity index (χ3n) is 3.85. The van der Waals surface area contributed by atoms with Gasteiger partial charge in [-0.25, -0.2) is 0 Å². The summed E-state index contributed by atoms with van der Waals surface area (Å²) in [6.45, 7) is 0.599. The molecular formula is C19H25N3O. The quantitative estimate of drug-likeness (QED) is 0.849. The number of hydrogen-bond acceptors (Lipinski definition) is 3. The van der Waals surface area contributed by atoms with Gasteiger partial charge in [-0.1, -0.05) is 12.1 Å². The molecule has 0 heterocycles. The lowest BCUT2D eigenvalue weighted by molar-refractivity contribution is 0.0785. The first-order valence-corrected chi connectivity index (χ1v) is 7.67. The van der Waals surface area contributed by atoms with E-state index in [0.717, 1.165) is 16.9 Å². The van der Waals surface area contributed by atoms with E-state index in [-0.39, 0.29) is 5.91 Å². The Balaban J connectivity index is 2.04. The Labute approximate surface area is 138 Å². The van der Waals surface area contributed by atoms with E-state index in [2.05, 4.69) is 29.2 Å². The molecule has 0 atom stereocenters. The first-order chi connectivity index (χ1) is 10.9. The van der Waals surface area contributed by atoms with Gasteiger partial charge in [-0.2, -0.15) is 0 Å². The van der Waals surface area contributed by atoms with Crippen molar-refractivity contribution in [2.75, 3.05) is 45.0 Å². The Bertz CT molecular complexity index is 645. The number of rotatable bonds is 5. The van der Waals surface area contributed by atoms with Gasteiger partial charge in [0.25, 0.3) is 5.91 Å². The van der Waals surface area contributed by atoms with Gasteiger partial charge in [0.1, 0.15) is 0 Å². The summed E-state index contributed by atoms with van der Waals surface area (Å²) in [6.07, 6.45) is 0. The molecule has 0 aromatic heterocycles. The lowest BCUT2D eigenvalue weighted by Gasteiger charge is -2.19. The molecule has 122 valence electrons. The number of anilines is 2. The van der Waals surface area contributed by atoms with Crippen LogP contribution in [0, 0.1) is 0 Å². The van der Waals surface area contributed by atoms with Gasteiger partial charge in [-0.3, -0.25) is 4.79 Å². The maximum absolute atomic E-state index is 12.5. The molecule has 2 aromatic rings. The topological polar surface area (TPSA) is 26.8 Å². The Morgan fingerprint density at radius 2 is 1.17 bits per heavy atom. The van der Waals surface area contributed by atoms with Gasteiger partial charge < -0.3 is 14.7 Å². The van der Waals surface area contributed by atoms with E-state index in [4.69, 9.17) is 0 Å². The highest BCUT2D eigenvalue weighted by molar-refractivity contribution is 5.94. The van der Waals surface area contributed by atoms with E-state index >= 15 is 0 Å². The lowest BCUT2D eigenvalue weighted by Crippen LogP contribution is -2.26. The fourth-order valence-corrected chi connectivity index (χ4v) is 2.37. The van der Waals surface area contributed by atoms with E-state index in [9.17, 15) is 4.79 Å². The first kappa shape index (κ1) is 16.9. The number of carbonyl (C=O) groups excluding carboxylic acids is 1. The summed E-state index contributed by atoms with van der Waals surface area (Å²) in [5.74, 6) is 0.0343. The highest BCUT2D eigenvalue weighted by Crippen LogP contribution is 2.16. The van der Waals surface area contributed by atoms with Crippen LogP contribution >= 0.6 is 0 Å². The van der Waals surface area contributed by atoms with Crippen LogP contribution < -0.4 is 9.80 Å². The summed E-state index contributed by atoms with van der Waals surface area (Å²) in [7, 11) is 9.84. The second-order valence-corrected chi connectivity index (χ2v) is 6.16. The van der Waals surface area contributed by atoms with Crippen molar-refractivity contribution in [1.82, 2.24) is 4.90 Å². The van der Waals surface area contributed by atoms with Crippen LogP contribution in [0.15, 0.2) is 48.5 Å². The average molecular weight is 311 g/mol. The lowest BCUT2D eigenvalue weighted by atomic mass is 10.1. The smallest absolute Gasteiger partial charge is 0.253 e. The molecule has 0 saturated heterocycles. The minimum Gasteiger partial charge on any atom is -0.378 e. The number of amides is 1. The Kier molecular flexibility index (Phi) is 5.27. The predicted molar refractivity (Wildman–Crippen MR) is 97.3 cm³/mol. The summed E-state index contributed by atoms with van der Waals surface area (Å²) >= 11 is 0. The van der Waals surface area contributed by atoms with Gasteiger partial charge in [0.2, 0.25) is 0 Å². The zero-order valence-electron chi connectivity index (χ0n) is 14.6. The van der Waals surface area contributed by atoms with E-state index in [1.54, 1.807) is 4.90 Å². The van der Waals surface area contributed by atoms with Crippen LogP contribution in [0.3, 0.4) is 0 Å². The standard InChI is InChI=1S/C19H25N3O/c1-20(2)17-10-6-15(7-11-17)14-22(5)19(23)16-8-12-18(13-9-16)21(3)4/h6-13H,14H2,1-5H3. The summed E-state index contributed by atoms with van der Waals surface area (Å²) < 4.78 is 0. The fourth-order valence-electron chi connectivity index (χ4n) is 2.37. The van der Waals surface area contributed by atoms with Crippen LogP contribution in [0.2, 0.25) is 0 Å². The molecule has 0 aliphatic carbocycles. The van der Waals surface area contributed by atoms with Crippen molar-refractivity contribution in [3.63, 3.8) is 0 Å². The molecular weight excluding hydrogens is 286 g/mol.